The molecular weight excluding hydrogens is 430 g/mol. The van der Waals surface area contributed by atoms with Crippen LogP contribution in [-0.2, 0) is 20.5 Å². The molecule has 0 unspecified atom stereocenters. The van der Waals surface area contributed by atoms with Crippen molar-refractivity contribution in [3.63, 3.8) is 0 Å². The highest BCUT2D eigenvalue weighted by atomic mass is 32.2. The van der Waals surface area contributed by atoms with Gasteiger partial charge in [0.25, 0.3) is 0 Å². The van der Waals surface area contributed by atoms with Crippen molar-refractivity contribution in [1.29, 1.82) is 0 Å². The highest BCUT2D eigenvalue weighted by Gasteiger charge is 2.46. The Labute approximate surface area is 188 Å². The van der Waals surface area contributed by atoms with Crippen LogP contribution in [0.25, 0.3) is 10.4 Å². The molecule has 1 N–H and O–H groups in total. The van der Waals surface area contributed by atoms with Crippen molar-refractivity contribution in [1.82, 2.24) is 0 Å². The minimum Gasteiger partial charge on any atom is -0.415 e. The van der Waals surface area contributed by atoms with Crippen LogP contribution in [0.3, 0.4) is 0 Å². The highest BCUT2D eigenvalue weighted by molar-refractivity contribution is 7.99. The summed E-state index contributed by atoms with van der Waals surface area (Å²) in [6.07, 6.45) is -2.19. The summed E-state index contributed by atoms with van der Waals surface area (Å²) < 4.78 is 18.5. The first-order valence-corrected chi connectivity index (χ1v) is 14.5. The van der Waals surface area contributed by atoms with Gasteiger partial charge >= 0.3 is 0 Å². The Balaban J connectivity index is 1.81. The molecule has 31 heavy (non-hydrogen) atoms. The monoisotopic (exact) mass is 459 g/mol. The van der Waals surface area contributed by atoms with Crippen molar-refractivity contribution in [2.75, 3.05) is 6.61 Å². The second kappa shape index (κ2) is 11.1. The number of thioether (sulfide) groups is 1. The van der Waals surface area contributed by atoms with Crippen LogP contribution < -0.4 is 0 Å². The molecule has 0 aliphatic carbocycles. The van der Waals surface area contributed by atoms with E-state index in [1.54, 1.807) is 0 Å². The molecule has 1 fully saturated rings. The van der Waals surface area contributed by atoms with E-state index in [1.165, 1.54) is 11.8 Å². The summed E-state index contributed by atoms with van der Waals surface area (Å²) in [4.78, 5) is 3.92. The number of aliphatic hydroxyl groups excluding tert-OH is 1. The lowest BCUT2D eigenvalue weighted by atomic mass is 9.98. The van der Waals surface area contributed by atoms with Gasteiger partial charge in [-0.15, -0.1) is 0 Å². The molecule has 0 aromatic heterocycles. The van der Waals surface area contributed by atoms with Gasteiger partial charge in [0.2, 0.25) is 0 Å². The maximum Gasteiger partial charge on any atom is 0.183 e. The summed E-state index contributed by atoms with van der Waals surface area (Å²) in [5, 5.41) is 15.0. The van der Waals surface area contributed by atoms with E-state index in [-0.39, 0.29) is 0 Å². The first-order chi connectivity index (χ1) is 14.9. The van der Waals surface area contributed by atoms with Gasteiger partial charge in [0.05, 0.1) is 19.3 Å². The fourth-order valence-electron chi connectivity index (χ4n) is 3.26. The minimum absolute atomic E-state index is 0.307. The first-order valence-electron chi connectivity index (χ1n) is 10.3. The van der Waals surface area contributed by atoms with Crippen LogP contribution in [0.1, 0.15) is 5.56 Å². The Morgan fingerprint density at radius 1 is 1.10 bits per heavy atom. The van der Waals surface area contributed by atoms with Crippen molar-refractivity contribution in [2.45, 2.75) is 60.9 Å². The maximum atomic E-state index is 11.2. The standard InChI is InChI=1S/C22H29N3O4SSi/c1-31(2,3)28-15-18-21(27-14-16-10-6-4-7-11-16)20(26)19(24-25-23)22(29-18)30-17-12-8-5-9-13-17/h4-13,18-22,26H,14-15H2,1-3H3/t18-,19-,20-,21+,22+/m1/s1. The molecule has 9 heteroatoms. The summed E-state index contributed by atoms with van der Waals surface area (Å²) in [5.41, 5.74) is 9.54. The normalized spacial score (nSPS) is 26.3. The van der Waals surface area contributed by atoms with Gasteiger partial charge in [-0.3, -0.25) is 0 Å². The van der Waals surface area contributed by atoms with E-state index in [9.17, 15) is 5.11 Å². The summed E-state index contributed by atoms with van der Waals surface area (Å²) >= 11 is 1.42. The SMILES string of the molecule is C[Si](C)(C)OC[C@H]1O[C@@H](Sc2ccccc2)[C@H](N=[N+]=[N-])[C@@H](O)[C@H]1OCc1ccccc1. The molecule has 3 rings (SSSR count). The lowest BCUT2D eigenvalue weighted by Gasteiger charge is -2.43. The van der Waals surface area contributed by atoms with Crippen molar-refractivity contribution in [2.24, 2.45) is 5.11 Å². The van der Waals surface area contributed by atoms with Crippen LogP contribution in [-0.4, -0.2) is 49.8 Å². The third-order valence-corrected chi connectivity index (χ3v) is 6.99. The Bertz CT molecular complexity index is 862. The summed E-state index contributed by atoms with van der Waals surface area (Å²) in [5.74, 6) is 0. The Morgan fingerprint density at radius 2 is 1.74 bits per heavy atom. The van der Waals surface area contributed by atoms with Gasteiger partial charge in [0.15, 0.2) is 8.32 Å². The van der Waals surface area contributed by atoms with Crippen molar-refractivity contribution < 1.29 is 19.0 Å². The first kappa shape index (κ1) is 23.8. The molecule has 166 valence electrons. The van der Waals surface area contributed by atoms with E-state index < -0.39 is 38.1 Å². The van der Waals surface area contributed by atoms with Crippen molar-refractivity contribution >= 4 is 20.1 Å². The van der Waals surface area contributed by atoms with Gasteiger partial charge in [0.1, 0.15) is 23.7 Å². The van der Waals surface area contributed by atoms with E-state index in [0.29, 0.717) is 13.2 Å². The molecule has 0 saturated carbocycles. The number of nitrogens with zero attached hydrogens (tertiary/aromatic N) is 3. The van der Waals surface area contributed by atoms with E-state index in [2.05, 4.69) is 29.7 Å². The number of aliphatic hydroxyl groups is 1. The van der Waals surface area contributed by atoms with Crippen LogP contribution in [0, 0.1) is 0 Å². The van der Waals surface area contributed by atoms with Gasteiger partial charge in [0, 0.05) is 9.81 Å². The molecule has 0 spiro atoms. The molecule has 7 nitrogen and oxygen atoms in total. The number of benzene rings is 2. The Kier molecular flexibility index (Phi) is 8.56. The molecule has 2 aromatic carbocycles. The zero-order valence-electron chi connectivity index (χ0n) is 18.0. The molecular formula is C22H29N3O4SSi. The molecule has 1 heterocycles. The van der Waals surface area contributed by atoms with Crippen LogP contribution in [0.15, 0.2) is 70.7 Å². The van der Waals surface area contributed by atoms with Crippen molar-refractivity contribution in [3.8, 4) is 0 Å². The van der Waals surface area contributed by atoms with Crippen LogP contribution in [0.4, 0.5) is 0 Å². The van der Waals surface area contributed by atoms with Gasteiger partial charge in [-0.25, -0.2) is 0 Å². The van der Waals surface area contributed by atoms with E-state index in [4.69, 9.17) is 19.4 Å². The fourth-order valence-corrected chi connectivity index (χ4v) is 5.06. The summed E-state index contributed by atoms with van der Waals surface area (Å²) in [7, 11) is -1.81. The second-order valence-corrected chi connectivity index (χ2v) is 14.0. The smallest absolute Gasteiger partial charge is 0.183 e. The summed E-state index contributed by atoms with van der Waals surface area (Å²) in [6.45, 7) is 6.93. The molecule has 1 aliphatic rings. The van der Waals surface area contributed by atoms with Crippen LogP contribution in [0.2, 0.25) is 19.6 Å². The third kappa shape index (κ3) is 7.08. The molecule has 0 amide bonds. The predicted octanol–water partition coefficient (Wildman–Crippen LogP) is 4.98. The third-order valence-electron chi connectivity index (χ3n) is 4.79. The topological polar surface area (TPSA) is 96.7 Å². The maximum absolute atomic E-state index is 11.2. The van der Waals surface area contributed by atoms with E-state index in [0.717, 1.165) is 10.5 Å². The Hall–Kier alpha value is -1.84. The summed E-state index contributed by atoms with van der Waals surface area (Å²) in [6, 6.07) is 18.7. The predicted molar refractivity (Wildman–Crippen MR) is 124 cm³/mol. The fraction of sp³-hybridized carbons (Fsp3) is 0.455. The lowest BCUT2D eigenvalue weighted by molar-refractivity contribution is -0.188. The minimum atomic E-state index is -1.81. The molecule has 1 saturated heterocycles. The largest absolute Gasteiger partial charge is 0.415 e. The molecule has 2 aromatic rings. The van der Waals surface area contributed by atoms with Gasteiger partial charge in [-0.05, 0) is 42.9 Å². The molecule has 5 atom stereocenters. The zero-order valence-corrected chi connectivity index (χ0v) is 19.8. The zero-order chi connectivity index (χ0) is 22.3. The van der Waals surface area contributed by atoms with Crippen molar-refractivity contribution in [3.05, 3.63) is 76.7 Å². The number of hydrogen-bond acceptors (Lipinski definition) is 6. The van der Waals surface area contributed by atoms with Crippen LogP contribution >= 0.6 is 11.8 Å². The highest BCUT2D eigenvalue weighted by Crippen LogP contribution is 2.36. The average Bonchev–Trinajstić information content (AvgIpc) is 2.75. The van der Waals surface area contributed by atoms with E-state index in [1.807, 2.05) is 60.7 Å². The number of ether oxygens (including phenoxy) is 2. The number of azide groups is 1. The van der Waals surface area contributed by atoms with Gasteiger partial charge in [-0.2, -0.15) is 0 Å². The van der Waals surface area contributed by atoms with Gasteiger partial charge < -0.3 is 19.0 Å². The molecule has 0 radical (unpaired) electrons. The Morgan fingerprint density at radius 3 is 2.35 bits per heavy atom. The quantitative estimate of drug-likeness (QED) is 0.247. The lowest BCUT2D eigenvalue weighted by Crippen LogP contribution is -2.58. The van der Waals surface area contributed by atoms with E-state index >= 15 is 0 Å². The van der Waals surface area contributed by atoms with Crippen LogP contribution in [0.5, 0.6) is 0 Å². The molecule has 1 aliphatic heterocycles. The second-order valence-electron chi connectivity index (χ2n) is 8.34. The molecule has 0 bridgehead atoms. The average molecular weight is 460 g/mol. The number of rotatable bonds is 9. The number of hydrogen-bond donors (Lipinski definition) is 1. The van der Waals surface area contributed by atoms with Gasteiger partial charge in [-0.1, -0.05) is 65.4 Å².